The van der Waals surface area contributed by atoms with Gasteiger partial charge < -0.3 is 9.47 Å². The lowest BCUT2D eigenvalue weighted by Crippen LogP contribution is -2.16. The number of hydrogen-bond acceptors (Lipinski definition) is 2. The molecule has 1 aliphatic heterocycles. The summed E-state index contributed by atoms with van der Waals surface area (Å²) in [7, 11) is 2.16. The van der Waals surface area contributed by atoms with E-state index in [9.17, 15) is 0 Å². The zero-order valence-corrected chi connectivity index (χ0v) is 7.75. The van der Waals surface area contributed by atoms with Crippen molar-refractivity contribution in [3.8, 4) is 0 Å². The summed E-state index contributed by atoms with van der Waals surface area (Å²) >= 11 is 0. The van der Waals surface area contributed by atoms with Gasteiger partial charge in [0.15, 0.2) is 0 Å². The van der Waals surface area contributed by atoms with E-state index in [0.717, 1.165) is 18.9 Å². The third-order valence-electron chi connectivity index (χ3n) is 2.49. The van der Waals surface area contributed by atoms with Gasteiger partial charge in [0.1, 0.15) is 5.82 Å². The van der Waals surface area contributed by atoms with Gasteiger partial charge in [-0.15, -0.1) is 0 Å². The van der Waals surface area contributed by atoms with Gasteiger partial charge in [-0.3, -0.25) is 0 Å². The average molecular weight is 181 g/mol. The van der Waals surface area contributed by atoms with Crippen molar-refractivity contribution in [2.24, 2.45) is 0 Å². The predicted molar refractivity (Wildman–Crippen MR) is 54.6 cm³/mol. The molecule has 0 radical (unpaired) electrons. The van der Waals surface area contributed by atoms with Crippen LogP contribution in [-0.4, -0.2) is 28.0 Å². The highest BCUT2D eigenvalue weighted by atomic mass is 15.2. The molecule has 3 nitrogen and oxygen atoms in total. The largest absolute Gasteiger partial charge is 0.331 e. The lowest BCUT2D eigenvalue weighted by Gasteiger charge is -2.10. The molecule has 1 aromatic heterocycles. The molecule has 1 aromatic rings. The van der Waals surface area contributed by atoms with Crippen molar-refractivity contribution in [3.63, 3.8) is 0 Å². The van der Waals surface area contributed by atoms with Crippen LogP contribution in [0.3, 0.4) is 0 Å². The van der Waals surface area contributed by atoms with E-state index in [1.807, 2.05) is 6.20 Å². The van der Waals surface area contributed by atoms with E-state index in [1.54, 1.807) is 0 Å². The molecule has 1 aliphatic rings. The number of nitrogens with zero attached hydrogens (tertiary/aromatic N) is 3. The van der Waals surface area contributed by atoms with Crippen molar-refractivity contribution < 1.29 is 0 Å². The van der Waals surface area contributed by atoms with Gasteiger partial charge in [0.05, 0.1) is 5.69 Å². The van der Waals surface area contributed by atoms with Crippen molar-refractivity contribution in [1.29, 1.82) is 0 Å². The van der Waals surface area contributed by atoms with Crippen LogP contribution in [0, 0.1) is 6.92 Å². The number of imidazole rings is 1. The first kappa shape index (κ1) is 10.3. The highest BCUT2D eigenvalue weighted by Gasteiger charge is 2.12. The maximum atomic E-state index is 4.31. The Hall–Kier alpha value is -0.830. The fourth-order valence-electron chi connectivity index (χ4n) is 1.80. The molecule has 0 amide bonds. The molecule has 13 heavy (non-hydrogen) atoms. The van der Waals surface area contributed by atoms with Gasteiger partial charge in [-0.2, -0.15) is 0 Å². The quantitative estimate of drug-likeness (QED) is 0.607. The molecule has 2 heterocycles. The zero-order chi connectivity index (χ0) is 8.55. The molecular weight excluding hydrogens is 162 g/mol. The lowest BCUT2D eigenvalue weighted by atomic mass is 10.4. The van der Waals surface area contributed by atoms with Crippen LogP contribution in [0.25, 0.3) is 0 Å². The van der Waals surface area contributed by atoms with Gasteiger partial charge in [0.25, 0.3) is 0 Å². The molecule has 2 rings (SSSR count). The Bertz CT molecular complexity index is 278. The number of aryl methyl sites for hydroxylation is 1. The Balaban J connectivity index is 0.000000845. The molecule has 0 atom stereocenters. The maximum Gasteiger partial charge on any atom is 0.105 e. The highest BCUT2D eigenvalue weighted by Crippen LogP contribution is 2.12. The average Bonchev–Trinajstić information content (AvgIpc) is 2.31. The summed E-state index contributed by atoms with van der Waals surface area (Å²) in [5, 5.41) is 0. The first-order chi connectivity index (χ1) is 5.77. The van der Waals surface area contributed by atoms with E-state index in [4.69, 9.17) is 0 Å². The summed E-state index contributed by atoms with van der Waals surface area (Å²) in [6.07, 6.45) is 3.23. The molecule has 0 N–H and O–H groups in total. The second-order valence-corrected chi connectivity index (χ2v) is 3.54. The second kappa shape index (κ2) is 3.92. The van der Waals surface area contributed by atoms with Crippen LogP contribution in [0.2, 0.25) is 0 Å². The van der Waals surface area contributed by atoms with Crippen LogP contribution in [0.1, 0.15) is 25.4 Å². The number of fused-ring (bicyclic) bond motifs is 1. The van der Waals surface area contributed by atoms with Gasteiger partial charge in [-0.05, 0) is 26.9 Å². The van der Waals surface area contributed by atoms with Crippen molar-refractivity contribution in [2.45, 2.75) is 33.9 Å². The minimum Gasteiger partial charge on any atom is -0.331 e. The number of rotatable bonds is 0. The Labute approximate surface area is 80.4 Å². The zero-order valence-electron chi connectivity index (χ0n) is 7.75. The Morgan fingerprint density at radius 2 is 2.15 bits per heavy atom. The van der Waals surface area contributed by atoms with Crippen molar-refractivity contribution in [2.75, 3.05) is 13.6 Å². The van der Waals surface area contributed by atoms with Crippen LogP contribution in [-0.2, 0) is 13.1 Å². The van der Waals surface area contributed by atoms with Crippen LogP contribution >= 0.6 is 0 Å². The van der Waals surface area contributed by atoms with E-state index in [2.05, 4.69) is 28.4 Å². The van der Waals surface area contributed by atoms with Gasteiger partial charge in [0, 0.05) is 19.3 Å². The van der Waals surface area contributed by atoms with Crippen LogP contribution in [0.4, 0.5) is 0 Å². The first-order valence-corrected chi connectivity index (χ1v) is 4.47. The van der Waals surface area contributed by atoms with Gasteiger partial charge in [-0.1, -0.05) is 7.43 Å². The second-order valence-electron chi connectivity index (χ2n) is 3.54. The molecule has 0 spiro atoms. The minimum absolute atomic E-state index is 0. The van der Waals surface area contributed by atoms with Crippen LogP contribution < -0.4 is 0 Å². The molecule has 74 valence electrons. The maximum absolute atomic E-state index is 4.31. The van der Waals surface area contributed by atoms with Gasteiger partial charge in [0.2, 0.25) is 0 Å². The summed E-state index contributed by atoms with van der Waals surface area (Å²) < 4.78 is 2.32. The third-order valence-corrected chi connectivity index (χ3v) is 2.49. The fraction of sp³-hybridized carbons (Fsp3) is 0.700. The molecule has 0 aliphatic carbocycles. The SMILES string of the molecule is C.Cc1ncc2n1CCCN(C)C2. The summed E-state index contributed by atoms with van der Waals surface area (Å²) in [6, 6.07) is 0. The van der Waals surface area contributed by atoms with E-state index >= 15 is 0 Å². The smallest absolute Gasteiger partial charge is 0.105 e. The standard InChI is InChI=1S/C9H15N3.CH4/c1-8-10-6-9-7-11(2)4-3-5-12(8)9;/h6H,3-5,7H2,1-2H3;1H4. The molecule has 0 aromatic carbocycles. The number of aromatic nitrogens is 2. The van der Waals surface area contributed by atoms with Crippen molar-refractivity contribution in [3.05, 3.63) is 17.7 Å². The monoisotopic (exact) mass is 181 g/mol. The van der Waals surface area contributed by atoms with E-state index in [0.29, 0.717) is 0 Å². The molecule has 0 saturated heterocycles. The first-order valence-electron chi connectivity index (χ1n) is 4.47. The van der Waals surface area contributed by atoms with Crippen molar-refractivity contribution >= 4 is 0 Å². The van der Waals surface area contributed by atoms with Crippen LogP contribution in [0.15, 0.2) is 6.20 Å². The normalized spacial score (nSPS) is 17.4. The van der Waals surface area contributed by atoms with E-state index in [1.165, 1.54) is 18.7 Å². The minimum atomic E-state index is 0. The Morgan fingerprint density at radius 1 is 1.38 bits per heavy atom. The molecule has 0 saturated carbocycles. The molecule has 0 fully saturated rings. The summed E-state index contributed by atoms with van der Waals surface area (Å²) in [5.41, 5.74) is 1.35. The lowest BCUT2D eigenvalue weighted by molar-refractivity contribution is 0.332. The predicted octanol–water partition coefficient (Wildman–Crippen LogP) is 1.66. The topological polar surface area (TPSA) is 21.1 Å². The third kappa shape index (κ3) is 1.91. The highest BCUT2D eigenvalue weighted by molar-refractivity contribution is 5.05. The molecular formula is C10H19N3. The Morgan fingerprint density at radius 3 is 2.92 bits per heavy atom. The van der Waals surface area contributed by atoms with Gasteiger partial charge >= 0.3 is 0 Å². The van der Waals surface area contributed by atoms with Gasteiger partial charge in [-0.25, -0.2) is 4.98 Å². The molecule has 3 heteroatoms. The summed E-state index contributed by atoms with van der Waals surface area (Å²) in [5.74, 6) is 1.15. The Kier molecular flexibility index (Phi) is 3.09. The number of hydrogen-bond donors (Lipinski definition) is 0. The van der Waals surface area contributed by atoms with Crippen molar-refractivity contribution in [1.82, 2.24) is 14.5 Å². The van der Waals surface area contributed by atoms with E-state index in [-0.39, 0.29) is 7.43 Å². The summed E-state index contributed by atoms with van der Waals surface area (Å²) in [4.78, 5) is 6.66. The summed E-state index contributed by atoms with van der Waals surface area (Å²) in [6.45, 7) is 5.45. The van der Waals surface area contributed by atoms with Crippen LogP contribution in [0.5, 0.6) is 0 Å². The molecule has 0 bridgehead atoms. The van der Waals surface area contributed by atoms with E-state index < -0.39 is 0 Å². The fourth-order valence-corrected chi connectivity index (χ4v) is 1.80. The molecule has 0 unspecified atom stereocenters.